The molecule has 31 heavy (non-hydrogen) atoms. The second-order valence-electron chi connectivity index (χ2n) is 13.3. The van der Waals surface area contributed by atoms with E-state index in [0.717, 1.165) is 42.6 Å². The number of rotatable bonds is 5. The van der Waals surface area contributed by atoms with Crippen LogP contribution < -0.4 is 0 Å². The van der Waals surface area contributed by atoms with Gasteiger partial charge in [-0.25, -0.2) is 0 Å². The second-order valence-corrected chi connectivity index (χ2v) is 13.3. The molecule has 1 spiro atoms. The third-order valence-electron chi connectivity index (χ3n) is 11.7. The van der Waals surface area contributed by atoms with Crippen molar-refractivity contribution in [1.82, 2.24) is 0 Å². The van der Waals surface area contributed by atoms with E-state index < -0.39 is 0 Å². The molecule has 2 nitrogen and oxygen atoms in total. The fourth-order valence-corrected chi connectivity index (χ4v) is 9.37. The Morgan fingerprint density at radius 2 is 1.77 bits per heavy atom. The van der Waals surface area contributed by atoms with E-state index in [0.29, 0.717) is 16.7 Å². The van der Waals surface area contributed by atoms with Crippen molar-refractivity contribution in [3.8, 4) is 0 Å². The highest BCUT2D eigenvalue weighted by Crippen LogP contribution is 2.68. The summed E-state index contributed by atoms with van der Waals surface area (Å²) >= 11 is 0. The lowest BCUT2D eigenvalue weighted by molar-refractivity contribution is -0.173. The van der Waals surface area contributed by atoms with Gasteiger partial charge in [-0.2, -0.15) is 0 Å². The third kappa shape index (κ3) is 3.49. The molecular weight excluding hydrogens is 380 g/mol. The lowest BCUT2D eigenvalue weighted by Crippen LogP contribution is -2.55. The van der Waals surface area contributed by atoms with Gasteiger partial charge < -0.3 is 9.84 Å². The summed E-state index contributed by atoms with van der Waals surface area (Å²) in [6.45, 7) is 13.1. The van der Waals surface area contributed by atoms with Crippen LogP contribution >= 0.6 is 0 Å². The van der Waals surface area contributed by atoms with Crippen molar-refractivity contribution < 1.29 is 9.84 Å². The molecule has 3 saturated carbocycles. The van der Waals surface area contributed by atoms with Crippen LogP contribution in [0.2, 0.25) is 0 Å². The Bertz CT molecular complexity index is 706. The molecule has 2 unspecified atom stereocenters. The molecule has 0 radical (unpaired) electrons. The van der Waals surface area contributed by atoms with E-state index in [4.69, 9.17) is 4.74 Å². The predicted molar refractivity (Wildman–Crippen MR) is 128 cm³/mol. The molecule has 5 aliphatic rings. The number of allylic oxidation sites excluding steroid dienone is 1. The Morgan fingerprint density at radius 1 is 1.00 bits per heavy atom. The molecule has 1 N–H and O–H groups in total. The smallest absolute Gasteiger partial charge is 0.0741 e. The van der Waals surface area contributed by atoms with Crippen molar-refractivity contribution in [1.29, 1.82) is 0 Å². The summed E-state index contributed by atoms with van der Waals surface area (Å²) < 4.78 is 6.11. The second kappa shape index (κ2) is 7.86. The third-order valence-corrected chi connectivity index (χ3v) is 11.7. The first-order valence-corrected chi connectivity index (χ1v) is 13.7. The van der Waals surface area contributed by atoms with E-state index in [1.807, 2.05) is 0 Å². The molecule has 1 heterocycles. The monoisotopic (exact) mass is 428 g/mol. The predicted octanol–water partition coefficient (Wildman–Crippen LogP) is 7.16. The van der Waals surface area contributed by atoms with Crippen LogP contribution in [0.4, 0.5) is 0 Å². The van der Waals surface area contributed by atoms with Gasteiger partial charge in [0.25, 0.3) is 0 Å². The Kier molecular flexibility index (Phi) is 5.70. The van der Waals surface area contributed by atoms with Crippen LogP contribution in [-0.2, 0) is 4.74 Å². The van der Waals surface area contributed by atoms with E-state index in [1.54, 1.807) is 5.57 Å². The zero-order valence-electron chi connectivity index (χ0n) is 21.0. The highest BCUT2D eigenvalue weighted by atomic mass is 16.5. The summed E-state index contributed by atoms with van der Waals surface area (Å²) in [6.07, 6.45) is 17.0. The number of fused-ring (bicyclic) bond motifs is 5. The number of hydrogen-bond donors (Lipinski definition) is 1. The molecule has 176 valence electrons. The van der Waals surface area contributed by atoms with Gasteiger partial charge in [0.15, 0.2) is 0 Å². The van der Waals surface area contributed by atoms with Crippen LogP contribution in [0.1, 0.15) is 105 Å². The van der Waals surface area contributed by atoms with Gasteiger partial charge in [-0.15, -0.1) is 0 Å². The highest BCUT2D eigenvalue weighted by Gasteiger charge is 2.60. The maximum atomic E-state index is 10.4. The molecule has 0 aromatic rings. The minimum atomic E-state index is -0.126. The van der Waals surface area contributed by atoms with Crippen LogP contribution in [0.5, 0.6) is 0 Å². The molecule has 0 bridgehead atoms. The Labute approximate surface area is 191 Å². The van der Waals surface area contributed by atoms with Crippen molar-refractivity contribution in [2.24, 2.45) is 46.3 Å². The van der Waals surface area contributed by atoms with Crippen molar-refractivity contribution in [3.63, 3.8) is 0 Å². The topological polar surface area (TPSA) is 29.5 Å². The zero-order valence-corrected chi connectivity index (χ0v) is 21.0. The largest absolute Gasteiger partial charge is 0.393 e. The van der Waals surface area contributed by atoms with Gasteiger partial charge in [0, 0.05) is 6.42 Å². The van der Waals surface area contributed by atoms with E-state index in [1.165, 1.54) is 64.2 Å². The molecule has 2 heteroatoms. The average Bonchev–Trinajstić information content (AvgIpc) is 3.07. The van der Waals surface area contributed by atoms with Crippen LogP contribution in [0.15, 0.2) is 11.6 Å². The quantitative estimate of drug-likeness (QED) is 0.471. The van der Waals surface area contributed by atoms with Gasteiger partial charge in [-0.3, -0.25) is 0 Å². The molecule has 0 amide bonds. The summed E-state index contributed by atoms with van der Waals surface area (Å²) in [7, 11) is 0. The highest BCUT2D eigenvalue weighted by molar-refractivity contribution is 5.28. The molecule has 4 aliphatic carbocycles. The van der Waals surface area contributed by atoms with E-state index in [2.05, 4.69) is 40.7 Å². The SMILES string of the molecule is CC(C)C(O)CC[C@@H](C)[C@H]1CC[C@H]2[C@@H]3CC=C4CC5(CCO5)CC[C@]4(C)[C@H]3CC[C@]12C. The molecule has 0 aromatic carbocycles. The molecule has 0 aromatic heterocycles. The lowest BCUT2D eigenvalue weighted by atomic mass is 9.46. The first kappa shape index (κ1) is 22.5. The first-order valence-electron chi connectivity index (χ1n) is 13.7. The fraction of sp³-hybridized carbons (Fsp3) is 0.931. The van der Waals surface area contributed by atoms with Gasteiger partial charge in [-0.05, 0) is 111 Å². The molecule has 9 atom stereocenters. The number of aliphatic hydroxyl groups excluding tert-OH is 1. The number of hydrogen-bond acceptors (Lipinski definition) is 2. The molecular formula is C29H48O2. The van der Waals surface area contributed by atoms with Crippen LogP contribution in [0, 0.1) is 46.3 Å². The fourth-order valence-electron chi connectivity index (χ4n) is 9.37. The summed E-state index contributed by atoms with van der Waals surface area (Å²) in [6, 6.07) is 0. The minimum Gasteiger partial charge on any atom is -0.393 e. The van der Waals surface area contributed by atoms with Gasteiger partial charge in [0.2, 0.25) is 0 Å². The van der Waals surface area contributed by atoms with Crippen LogP contribution in [-0.4, -0.2) is 23.4 Å². The van der Waals surface area contributed by atoms with Crippen molar-refractivity contribution in [2.75, 3.05) is 6.61 Å². The van der Waals surface area contributed by atoms with Crippen LogP contribution in [0.25, 0.3) is 0 Å². The van der Waals surface area contributed by atoms with E-state index in [-0.39, 0.29) is 11.7 Å². The molecule has 5 rings (SSSR count). The molecule has 1 saturated heterocycles. The molecule has 4 fully saturated rings. The van der Waals surface area contributed by atoms with E-state index >= 15 is 0 Å². The maximum Gasteiger partial charge on any atom is 0.0741 e. The first-order chi connectivity index (χ1) is 14.7. The summed E-state index contributed by atoms with van der Waals surface area (Å²) in [4.78, 5) is 0. The number of ether oxygens (including phenoxy) is 1. The Morgan fingerprint density at radius 3 is 2.45 bits per heavy atom. The number of aliphatic hydroxyl groups is 1. The van der Waals surface area contributed by atoms with Crippen molar-refractivity contribution in [3.05, 3.63) is 11.6 Å². The van der Waals surface area contributed by atoms with Gasteiger partial charge in [0.1, 0.15) is 0 Å². The minimum absolute atomic E-state index is 0.126. The van der Waals surface area contributed by atoms with E-state index in [9.17, 15) is 5.11 Å². The zero-order chi connectivity index (χ0) is 22.0. The van der Waals surface area contributed by atoms with Crippen molar-refractivity contribution in [2.45, 2.75) is 117 Å². The Balaban J connectivity index is 1.31. The molecule has 1 aliphatic heterocycles. The van der Waals surface area contributed by atoms with Gasteiger partial charge >= 0.3 is 0 Å². The van der Waals surface area contributed by atoms with Crippen molar-refractivity contribution >= 4 is 0 Å². The summed E-state index contributed by atoms with van der Waals surface area (Å²) in [5, 5.41) is 10.4. The standard InChI is InChI=1S/C29H48O2/c1-19(2)26(30)11-6-20(3)23-9-10-24-22-8-7-21-18-29(16-17-31-29)15-14-27(21,4)25(22)12-13-28(23,24)5/h7,19-20,22-26,30H,6,8-18H2,1-5H3/t20-,22+,23-,24+,25+,26?,27+,28-,29?/m1/s1. The Hall–Kier alpha value is -0.340. The maximum absolute atomic E-state index is 10.4. The average molecular weight is 429 g/mol. The van der Waals surface area contributed by atoms with Gasteiger partial charge in [-0.1, -0.05) is 46.3 Å². The summed E-state index contributed by atoms with van der Waals surface area (Å²) in [5.41, 5.74) is 2.97. The summed E-state index contributed by atoms with van der Waals surface area (Å²) in [5.74, 6) is 4.71. The van der Waals surface area contributed by atoms with Gasteiger partial charge in [0.05, 0.1) is 18.3 Å². The lowest BCUT2D eigenvalue weighted by Gasteiger charge is -2.61. The van der Waals surface area contributed by atoms with Crippen LogP contribution in [0.3, 0.4) is 0 Å². The normalized spacial score (nSPS) is 48.4.